The summed E-state index contributed by atoms with van der Waals surface area (Å²) >= 11 is 6.09. The molecule has 24 heavy (non-hydrogen) atoms. The lowest BCUT2D eigenvalue weighted by Gasteiger charge is -2.12. The zero-order valence-electron chi connectivity index (χ0n) is 12.7. The topological polar surface area (TPSA) is 51.2 Å². The lowest BCUT2D eigenvalue weighted by atomic mass is 10.2. The average Bonchev–Trinajstić information content (AvgIpc) is 3.38. The number of rotatable bonds is 6. The third-order valence-electron chi connectivity index (χ3n) is 3.68. The van der Waals surface area contributed by atoms with Crippen molar-refractivity contribution < 1.29 is 18.3 Å². The van der Waals surface area contributed by atoms with Crippen molar-refractivity contribution in [3.8, 4) is 5.88 Å². The normalized spacial score (nSPS) is 13.6. The number of carbonyl (C=O) groups is 1. The van der Waals surface area contributed by atoms with E-state index in [0.29, 0.717) is 18.1 Å². The Labute approximate surface area is 142 Å². The van der Waals surface area contributed by atoms with Gasteiger partial charge in [0.25, 0.3) is 5.91 Å². The van der Waals surface area contributed by atoms with Crippen molar-refractivity contribution in [2.24, 2.45) is 5.92 Å². The van der Waals surface area contributed by atoms with Gasteiger partial charge in [-0.05, 0) is 42.5 Å². The summed E-state index contributed by atoms with van der Waals surface area (Å²) < 4.78 is 31.7. The molecular weight excluding hydrogens is 338 g/mol. The SMILES string of the molecule is O=C(NCc1ccc(F)c(F)c1)c1c(Cl)ccnc1OCC1CC1. The fraction of sp³-hybridized carbons (Fsp3) is 0.294. The molecule has 4 nitrogen and oxygen atoms in total. The Bertz CT molecular complexity index is 766. The second-order valence-electron chi connectivity index (χ2n) is 5.66. The van der Waals surface area contributed by atoms with Crippen LogP contribution >= 0.6 is 11.6 Å². The van der Waals surface area contributed by atoms with Gasteiger partial charge in [0, 0.05) is 12.7 Å². The average molecular weight is 353 g/mol. The standard InChI is InChI=1S/C17H15ClF2N2O2/c18-12-5-6-21-17(24-9-10-1-2-10)15(12)16(23)22-8-11-3-4-13(19)14(20)7-11/h3-7,10H,1-2,8-9H2,(H,22,23). The van der Waals surface area contributed by atoms with Crippen LogP contribution in [0.25, 0.3) is 0 Å². The molecule has 0 unspecified atom stereocenters. The predicted octanol–water partition coefficient (Wildman–Crippen LogP) is 3.73. The van der Waals surface area contributed by atoms with Crippen LogP contribution in [0.1, 0.15) is 28.8 Å². The van der Waals surface area contributed by atoms with Crippen molar-refractivity contribution in [1.29, 1.82) is 0 Å². The molecule has 7 heteroatoms. The highest BCUT2D eigenvalue weighted by Crippen LogP contribution is 2.31. The minimum Gasteiger partial charge on any atom is -0.477 e. The van der Waals surface area contributed by atoms with Gasteiger partial charge >= 0.3 is 0 Å². The number of halogens is 3. The van der Waals surface area contributed by atoms with Gasteiger partial charge in [-0.1, -0.05) is 17.7 Å². The first-order valence-corrected chi connectivity index (χ1v) is 7.92. The van der Waals surface area contributed by atoms with Crippen molar-refractivity contribution >= 4 is 17.5 Å². The lowest BCUT2D eigenvalue weighted by molar-refractivity contribution is 0.0945. The number of amides is 1. The van der Waals surface area contributed by atoms with Crippen LogP contribution in [0.3, 0.4) is 0 Å². The monoisotopic (exact) mass is 352 g/mol. The number of nitrogens with one attached hydrogen (secondary N) is 1. The van der Waals surface area contributed by atoms with Crippen LogP contribution in [0.4, 0.5) is 8.78 Å². The molecule has 126 valence electrons. The molecular formula is C17H15ClF2N2O2. The molecule has 1 aliphatic carbocycles. The summed E-state index contributed by atoms with van der Waals surface area (Å²) in [5.74, 6) is -1.70. The highest BCUT2D eigenvalue weighted by Gasteiger charge is 2.24. The van der Waals surface area contributed by atoms with E-state index >= 15 is 0 Å². The Morgan fingerprint density at radius 1 is 1.29 bits per heavy atom. The van der Waals surface area contributed by atoms with Crippen molar-refractivity contribution in [2.75, 3.05) is 6.61 Å². The van der Waals surface area contributed by atoms with E-state index in [-0.39, 0.29) is 23.0 Å². The van der Waals surface area contributed by atoms with Crippen LogP contribution < -0.4 is 10.1 Å². The maximum atomic E-state index is 13.2. The minimum atomic E-state index is -0.963. The third-order valence-corrected chi connectivity index (χ3v) is 4.00. The van der Waals surface area contributed by atoms with Crippen LogP contribution in [0, 0.1) is 17.6 Å². The molecule has 1 saturated carbocycles. The molecule has 1 amide bonds. The number of benzene rings is 1. The van der Waals surface area contributed by atoms with Crippen molar-refractivity contribution in [3.05, 3.63) is 58.2 Å². The summed E-state index contributed by atoms with van der Waals surface area (Å²) in [6.45, 7) is 0.528. The Morgan fingerprint density at radius 2 is 2.08 bits per heavy atom. The van der Waals surface area contributed by atoms with E-state index in [1.165, 1.54) is 18.3 Å². The molecule has 1 fully saturated rings. The lowest BCUT2D eigenvalue weighted by Crippen LogP contribution is -2.24. The van der Waals surface area contributed by atoms with Gasteiger partial charge < -0.3 is 10.1 Å². The summed E-state index contributed by atoms with van der Waals surface area (Å²) in [6.07, 6.45) is 3.69. The first-order chi connectivity index (χ1) is 11.5. The largest absolute Gasteiger partial charge is 0.477 e. The van der Waals surface area contributed by atoms with Gasteiger partial charge in [-0.2, -0.15) is 0 Å². The maximum Gasteiger partial charge on any atom is 0.258 e. The van der Waals surface area contributed by atoms with Crippen molar-refractivity contribution in [3.63, 3.8) is 0 Å². The quantitative estimate of drug-likeness (QED) is 0.861. The Kier molecular flexibility index (Phi) is 4.94. The number of hydrogen-bond donors (Lipinski definition) is 1. The number of ether oxygens (including phenoxy) is 1. The van der Waals surface area contributed by atoms with E-state index in [0.717, 1.165) is 25.0 Å². The molecule has 0 bridgehead atoms. The van der Waals surface area contributed by atoms with Gasteiger partial charge in [0.1, 0.15) is 5.56 Å². The molecule has 0 spiro atoms. The van der Waals surface area contributed by atoms with Crippen molar-refractivity contribution in [2.45, 2.75) is 19.4 Å². The molecule has 1 aromatic heterocycles. The number of nitrogens with zero attached hydrogens (tertiary/aromatic N) is 1. The minimum absolute atomic E-state index is 0.0311. The zero-order chi connectivity index (χ0) is 17.1. The van der Waals surface area contributed by atoms with E-state index in [1.54, 1.807) is 0 Å². The molecule has 0 aliphatic heterocycles. The number of hydrogen-bond acceptors (Lipinski definition) is 3. The second kappa shape index (κ2) is 7.13. The Morgan fingerprint density at radius 3 is 2.79 bits per heavy atom. The van der Waals surface area contributed by atoms with E-state index < -0.39 is 17.5 Å². The second-order valence-corrected chi connectivity index (χ2v) is 6.07. The number of pyridine rings is 1. The van der Waals surface area contributed by atoms with Gasteiger partial charge in [0.05, 0.1) is 11.6 Å². The van der Waals surface area contributed by atoms with Crippen LogP contribution in [0.2, 0.25) is 5.02 Å². The molecule has 1 aromatic carbocycles. The molecule has 3 rings (SSSR count). The summed E-state index contributed by atoms with van der Waals surface area (Å²) in [4.78, 5) is 16.5. The van der Waals surface area contributed by atoms with Gasteiger partial charge in [-0.25, -0.2) is 13.8 Å². The molecule has 0 radical (unpaired) electrons. The summed E-state index contributed by atoms with van der Waals surface area (Å²) in [7, 11) is 0. The first-order valence-electron chi connectivity index (χ1n) is 7.54. The molecule has 2 aromatic rings. The Balaban J connectivity index is 1.70. The molecule has 1 N–H and O–H groups in total. The van der Waals surface area contributed by atoms with Gasteiger partial charge in [-0.3, -0.25) is 4.79 Å². The number of carbonyl (C=O) groups excluding carboxylic acids is 1. The van der Waals surface area contributed by atoms with Crippen LogP contribution in [-0.4, -0.2) is 17.5 Å². The third kappa shape index (κ3) is 4.00. The predicted molar refractivity (Wildman–Crippen MR) is 85.0 cm³/mol. The first kappa shape index (κ1) is 16.6. The molecule has 1 aliphatic rings. The summed E-state index contributed by atoms with van der Waals surface area (Å²) in [5, 5.41) is 2.83. The fourth-order valence-corrected chi connectivity index (χ4v) is 2.36. The van der Waals surface area contributed by atoms with E-state index in [2.05, 4.69) is 10.3 Å². The van der Waals surface area contributed by atoms with Gasteiger partial charge in [0.15, 0.2) is 11.6 Å². The highest BCUT2D eigenvalue weighted by atomic mass is 35.5. The molecule has 1 heterocycles. The van der Waals surface area contributed by atoms with Crippen LogP contribution in [0.5, 0.6) is 5.88 Å². The smallest absolute Gasteiger partial charge is 0.258 e. The van der Waals surface area contributed by atoms with E-state index in [4.69, 9.17) is 16.3 Å². The van der Waals surface area contributed by atoms with Gasteiger partial charge in [0.2, 0.25) is 5.88 Å². The van der Waals surface area contributed by atoms with E-state index in [9.17, 15) is 13.6 Å². The Hall–Kier alpha value is -2.21. The summed E-state index contributed by atoms with van der Waals surface area (Å²) in [6, 6.07) is 4.94. The highest BCUT2D eigenvalue weighted by molar-refractivity contribution is 6.34. The zero-order valence-corrected chi connectivity index (χ0v) is 13.4. The van der Waals surface area contributed by atoms with Gasteiger partial charge in [-0.15, -0.1) is 0 Å². The van der Waals surface area contributed by atoms with Crippen LogP contribution in [0.15, 0.2) is 30.5 Å². The van der Waals surface area contributed by atoms with E-state index in [1.807, 2.05) is 0 Å². The summed E-state index contributed by atoms with van der Waals surface area (Å²) in [5.41, 5.74) is 0.574. The molecule has 0 saturated heterocycles. The fourth-order valence-electron chi connectivity index (χ4n) is 2.14. The maximum absolute atomic E-state index is 13.2. The molecule has 0 atom stereocenters. The number of aromatic nitrogens is 1. The van der Waals surface area contributed by atoms with Crippen molar-refractivity contribution in [1.82, 2.24) is 10.3 Å². The van der Waals surface area contributed by atoms with Crippen LogP contribution in [-0.2, 0) is 6.54 Å².